The maximum atomic E-state index is 12.8. The highest BCUT2D eigenvalue weighted by Gasteiger charge is 2.32. The van der Waals surface area contributed by atoms with Crippen molar-refractivity contribution < 1.29 is 22.7 Å². The number of benzene rings is 1. The number of carbonyl (C=O) groups is 1. The van der Waals surface area contributed by atoms with Gasteiger partial charge in [-0.3, -0.25) is 0 Å². The highest BCUT2D eigenvalue weighted by molar-refractivity contribution is 8.18. The summed E-state index contributed by atoms with van der Waals surface area (Å²) in [6.07, 6.45) is -5.21. The molecule has 1 amide bonds. The van der Waals surface area contributed by atoms with Crippen molar-refractivity contribution in [2.24, 2.45) is 4.99 Å². The molecule has 1 heterocycles. The van der Waals surface area contributed by atoms with Gasteiger partial charge in [0.2, 0.25) is 0 Å². The number of rotatable bonds is 2. The van der Waals surface area contributed by atoms with E-state index >= 15 is 0 Å². The van der Waals surface area contributed by atoms with Crippen molar-refractivity contribution in [3.63, 3.8) is 0 Å². The van der Waals surface area contributed by atoms with Crippen LogP contribution < -0.4 is 4.90 Å². The van der Waals surface area contributed by atoms with Crippen molar-refractivity contribution in [3.8, 4) is 0 Å². The van der Waals surface area contributed by atoms with Crippen LogP contribution >= 0.6 is 11.8 Å². The lowest BCUT2D eigenvalue weighted by molar-refractivity contribution is -0.137. The fourth-order valence-corrected chi connectivity index (χ4v) is 2.68. The number of thioether (sulfide) groups is 1. The number of halogens is 3. The Morgan fingerprint density at radius 2 is 2.23 bits per heavy atom. The molecule has 0 radical (unpaired) electrons. The molecule has 1 aromatic rings. The Labute approximate surface area is 129 Å². The molecule has 118 valence electrons. The molecule has 0 unspecified atom stereocenters. The van der Waals surface area contributed by atoms with Crippen molar-refractivity contribution in [1.29, 1.82) is 0 Å². The predicted molar refractivity (Wildman–Crippen MR) is 80.0 cm³/mol. The maximum Gasteiger partial charge on any atom is 0.436 e. The summed E-state index contributed by atoms with van der Waals surface area (Å²) in [5.74, 6) is 0. The second kappa shape index (κ2) is 6.43. The average Bonchev–Trinajstić information content (AvgIpc) is 2.79. The molecule has 0 N–H and O–H groups in total. The first-order chi connectivity index (χ1) is 10.3. The normalized spacial score (nSPS) is 17.2. The van der Waals surface area contributed by atoms with Crippen LogP contribution in [0.1, 0.15) is 12.5 Å². The summed E-state index contributed by atoms with van der Waals surface area (Å²) in [5.41, 5.74) is -0.466. The molecular weight excluding hydrogens is 317 g/mol. The van der Waals surface area contributed by atoms with E-state index in [-0.39, 0.29) is 18.3 Å². The maximum absolute atomic E-state index is 12.8. The summed E-state index contributed by atoms with van der Waals surface area (Å²) >= 11 is 1.14. The lowest BCUT2D eigenvalue weighted by atomic mass is 10.2. The highest BCUT2D eigenvalue weighted by Crippen LogP contribution is 2.36. The minimum absolute atomic E-state index is 0.171. The van der Waals surface area contributed by atoms with Crippen LogP contribution in [0.5, 0.6) is 0 Å². The van der Waals surface area contributed by atoms with E-state index in [0.717, 1.165) is 23.9 Å². The number of anilines is 1. The van der Waals surface area contributed by atoms with E-state index in [9.17, 15) is 18.0 Å². The van der Waals surface area contributed by atoms with Crippen LogP contribution in [0.3, 0.4) is 0 Å². The van der Waals surface area contributed by atoms with E-state index in [1.807, 2.05) is 0 Å². The first kappa shape index (κ1) is 16.4. The molecule has 0 aromatic heterocycles. The van der Waals surface area contributed by atoms with Gasteiger partial charge < -0.3 is 9.64 Å². The van der Waals surface area contributed by atoms with Gasteiger partial charge in [-0.15, -0.1) is 0 Å². The highest BCUT2D eigenvalue weighted by atomic mass is 32.2. The summed E-state index contributed by atoms with van der Waals surface area (Å²) in [6.45, 7) is 5.87. The number of amides is 1. The third-order valence-electron chi connectivity index (χ3n) is 2.74. The van der Waals surface area contributed by atoms with E-state index in [4.69, 9.17) is 4.74 Å². The van der Waals surface area contributed by atoms with Crippen LogP contribution in [0.4, 0.5) is 23.7 Å². The van der Waals surface area contributed by atoms with E-state index in [1.54, 1.807) is 6.92 Å². The largest absolute Gasteiger partial charge is 0.448 e. The molecule has 1 aliphatic rings. The van der Waals surface area contributed by atoms with Crippen LogP contribution in [0.15, 0.2) is 40.7 Å². The molecule has 22 heavy (non-hydrogen) atoms. The van der Waals surface area contributed by atoms with Crippen molar-refractivity contribution in [2.45, 2.75) is 13.1 Å². The predicted octanol–water partition coefficient (Wildman–Crippen LogP) is 4.28. The Morgan fingerprint density at radius 1 is 1.50 bits per heavy atom. The summed E-state index contributed by atoms with van der Waals surface area (Å²) in [5, 5.41) is 0.253. The van der Waals surface area contributed by atoms with Gasteiger partial charge >= 0.3 is 12.3 Å². The minimum atomic E-state index is -4.43. The summed E-state index contributed by atoms with van der Waals surface area (Å²) in [4.78, 5) is 17.4. The fraction of sp³-hybridized carbons (Fsp3) is 0.286. The molecule has 1 aromatic carbocycles. The summed E-state index contributed by atoms with van der Waals surface area (Å²) in [6, 6.07) is 4.84. The number of nitrogens with zero attached hydrogens (tertiary/aromatic N) is 2. The van der Waals surface area contributed by atoms with E-state index in [1.165, 1.54) is 17.0 Å². The van der Waals surface area contributed by atoms with Crippen molar-refractivity contribution in [1.82, 2.24) is 0 Å². The Kier molecular flexibility index (Phi) is 4.80. The van der Waals surface area contributed by atoms with Gasteiger partial charge in [-0.1, -0.05) is 24.4 Å². The molecule has 4 nitrogen and oxygen atoms in total. The molecule has 0 saturated carbocycles. The Balaban J connectivity index is 2.33. The van der Waals surface area contributed by atoms with Crippen molar-refractivity contribution in [3.05, 3.63) is 41.3 Å². The number of aliphatic imine (C=N–C) groups is 1. The smallest absolute Gasteiger partial charge is 0.436 e. The van der Waals surface area contributed by atoms with Gasteiger partial charge in [0.05, 0.1) is 18.7 Å². The number of hydrogen-bond acceptors (Lipinski definition) is 3. The quantitative estimate of drug-likeness (QED) is 0.811. The van der Waals surface area contributed by atoms with Crippen molar-refractivity contribution >= 4 is 28.7 Å². The van der Waals surface area contributed by atoms with Gasteiger partial charge in [-0.25, -0.2) is 4.79 Å². The number of alkyl halides is 3. The molecule has 0 spiro atoms. The Morgan fingerprint density at radius 3 is 2.86 bits per heavy atom. The lowest BCUT2D eigenvalue weighted by Crippen LogP contribution is -2.25. The third-order valence-corrected chi connectivity index (χ3v) is 3.65. The van der Waals surface area contributed by atoms with Crippen LogP contribution in [0.25, 0.3) is 0 Å². The first-order valence-electron chi connectivity index (χ1n) is 6.37. The van der Waals surface area contributed by atoms with E-state index in [2.05, 4.69) is 11.6 Å². The van der Waals surface area contributed by atoms with Gasteiger partial charge in [0.25, 0.3) is 0 Å². The topological polar surface area (TPSA) is 41.9 Å². The number of amidine groups is 1. The van der Waals surface area contributed by atoms with Gasteiger partial charge in [0.1, 0.15) is 0 Å². The third kappa shape index (κ3) is 3.82. The number of carbonyl (C=O) groups excluding carboxylic acids is 1. The molecular formula is C14H13F3N2O2S. The molecule has 0 atom stereocenters. The van der Waals surface area contributed by atoms with Gasteiger partial charge in [-0.05, 0) is 25.1 Å². The lowest BCUT2D eigenvalue weighted by Gasteiger charge is -2.18. The average molecular weight is 330 g/mol. The molecule has 1 aliphatic heterocycles. The van der Waals surface area contributed by atoms with Crippen LogP contribution in [0.2, 0.25) is 0 Å². The second-order valence-corrected chi connectivity index (χ2v) is 5.51. The number of hydrogen-bond donors (Lipinski definition) is 0. The first-order valence-corrected chi connectivity index (χ1v) is 7.18. The Hall–Kier alpha value is -1.96. The zero-order chi connectivity index (χ0) is 16.3. The van der Waals surface area contributed by atoms with Gasteiger partial charge in [0, 0.05) is 10.6 Å². The van der Waals surface area contributed by atoms with Gasteiger partial charge in [0.15, 0.2) is 5.17 Å². The van der Waals surface area contributed by atoms with Crippen LogP contribution in [-0.2, 0) is 10.9 Å². The molecule has 0 aliphatic carbocycles. The molecule has 1 saturated heterocycles. The number of ether oxygens (including phenoxy) is 1. The summed E-state index contributed by atoms with van der Waals surface area (Å²) < 4.78 is 43.1. The molecule has 1 fully saturated rings. The van der Waals surface area contributed by atoms with Crippen LogP contribution in [0, 0.1) is 0 Å². The summed E-state index contributed by atoms with van der Waals surface area (Å²) in [7, 11) is 0. The molecule has 8 heteroatoms. The fourth-order valence-electron chi connectivity index (χ4n) is 1.83. The van der Waals surface area contributed by atoms with E-state index < -0.39 is 17.8 Å². The SMILES string of the molecule is C=C1CN(c2cccc(C(F)(F)F)c2)C(=NC(=O)OCC)S1. The van der Waals surface area contributed by atoms with E-state index in [0.29, 0.717) is 10.6 Å². The molecule has 0 bridgehead atoms. The Bertz CT molecular complexity index is 629. The van der Waals surface area contributed by atoms with Gasteiger partial charge in [-0.2, -0.15) is 18.2 Å². The monoisotopic (exact) mass is 330 g/mol. The standard InChI is InChI=1S/C14H13F3N2O2S/c1-3-21-13(20)18-12-19(8-9(2)22-12)11-6-4-5-10(7-11)14(15,16)17/h4-7H,2-3,8H2,1H3. The van der Waals surface area contributed by atoms with Crippen LogP contribution in [-0.4, -0.2) is 24.4 Å². The second-order valence-electron chi connectivity index (χ2n) is 4.37. The minimum Gasteiger partial charge on any atom is -0.448 e. The van der Waals surface area contributed by atoms with Crippen molar-refractivity contribution in [2.75, 3.05) is 18.1 Å². The zero-order valence-electron chi connectivity index (χ0n) is 11.7. The zero-order valence-corrected chi connectivity index (χ0v) is 12.5. The molecule has 2 rings (SSSR count).